The highest BCUT2D eigenvalue weighted by Gasteiger charge is 2.34. The van der Waals surface area contributed by atoms with Crippen molar-refractivity contribution in [1.82, 2.24) is 0 Å². The minimum absolute atomic E-state index is 0.0180. The molecular weight excluding hydrogens is 287 g/mol. The summed E-state index contributed by atoms with van der Waals surface area (Å²) in [6.45, 7) is 1.84. The van der Waals surface area contributed by atoms with Crippen LogP contribution in [-0.4, -0.2) is 11.1 Å². The van der Waals surface area contributed by atoms with Gasteiger partial charge in [-0.15, -0.1) is 0 Å². The van der Waals surface area contributed by atoms with Crippen LogP contribution in [0.1, 0.15) is 36.3 Å². The molecule has 1 aliphatic carbocycles. The van der Waals surface area contributed by atoms with E-state index in [0.29, 0.717) is 10.4 Å². The van der Waals surface area contributed by atoms with Crippen LogP contribution in [0.4, 0.5) is 4.39 Å². The van der Waals surface area contributed by atoms with Crippen LogP contribution in [0, 0.1) is 18.7 Å². The second-order valence-corrected chi connectivity index (χ2v) is 5.52. The minimum atomic E-state index is -0.790. The summed E-state index contributed by atoms with van der Waals surface area (Å²) in [5.41, 5.74) is 1.80. The Labute approximate surface area is 108 Å². The predicted molar refractivity (Wildman–Crippen MR) is 66.6 cm³/mol. The number of carbonyl (C=O) groups is 1. The standard InChI is InChI=1S/C13H14BrFO2/c1-7-4-12(15)11(14)5-9(7)10(6-13(16)17)8-2-3-8/h4-5,8,10H,2-3,6H2,1H3,(H,16,17). The maximum atomic E-state index is 13.3. The summed E-state index contributed by atoms with van der Waals surface area (Å²) >= 11 is 3.16. The van der Waals surface area contributed by atoms with E-state index >= 15 is 0 Å². The maximum Gasteiger partial charge on any atom is 0.303 e. The Balaban J connectivity index is 2.35. The lowest BCUT2D eigenvalue weighted by atomic mass is 9.88. The van der Waals surface area contributed by atoms with Gasteiger partial charge in [0, 0.05) is 0 Å². The molecule has 2 rings (SSSR count). The maximum absolute atomic E-state index is 13.3. The van der Waals surface area contributed by atoms with Gasteiger partial charge in [0.05, 0.1) is 10.9 Å². The topological polar surface area (TPSA) is 37.3 Å². The Morgan fingerprint density at radius 3 is 2.76 bits per heavy atom. The Morgan fingerprint density at radius 2 is 2.24 bits per heavy atom. The number of hydrogen-bond donors (Lipinski definition) is 1. The minimum Gasteiger partial charge on any atom is -0.481 e. The smallest absolute Gasteiger partial charge is 0.303 e. The van der Waals surface area contributed by atoms with Crippen molar-refractivity contribution in [1.29, 1.82) is 0 Å². The number of halogens is 2. The van der Waals surface area contributed by atoms with Gasteiger partial charge in [-0.05, 0) is 70.8 Å². The number of carboxylic acids is 1. The molecule has 1 fully saturated rings. The third kappa shape index (κ3) is 2.86. The van der Waals surface area contributed by atoms with Crippen molar-refractivity contribution in [2.45, 2.75) is 32.1 Å². The number of aryl methyl sites for hydroxylation is 1. The number of benzene rings is 1. The van der Waals surface area contributed by atoms with Crippen LogP contribution in [0.25, 0.3) is 0 Å². The monoisotopic (exact) mass is 300 g/mol. The van der Waals surface area contributed by atoms with Gasteiger partial charge < -0.3 is 5.11 Å². The summed E-state index contributed by atoms with van der Waals surface area (Å²) in [5.74, 6) is -0.621. The van der Waals surface area contributed by atoms with Gasteiger partial charge >= 0.3 is 5.97 Å². The van der Waals surface area contributed by atoms with Gasteiger partial charge in [0.15, 0.2) is 0 Å². The highest BCUT2D eigenvalue weighted by atomic mass is 79.9. The van der Waals surface area contributed by atoms with Gasteiger partial charge in [-0.1, -0.05) is 0 Å². The van der Waals surface area contributed by atoms with Crippen molar-refractivity contribution in [3.05, 3.63) is 33.5 Å². The van der Waals surface area contributed by atoms with Crippen molar-refractivity contribution in [2.75, 3.05) is 0 Å². The Hall–Kier alpha value is -0.900. The fourth-order valence-corrected chi connectivity index (χ4v) is 2.64. The van der Waals surface area contributed by atoms with E-state index in [9.17, 15) is 9.18 Å². The molecule has 2 nitrogen and oxygen atoms in total. The van der Waals surface area contributed by atoms with Crippen LogP contribution >= 0.6 is 15.9 Å². The molecule has 0 aromatic heterocycles. The first kappa shape index (κ1) is 12.6. The molecule has 0 radical (unpaired) electrons. The summed E-state index contributed by atoms with van der Waals surface area (Å²) in [4.78, 5) is 10.9. The molecular formula is C13H14BrFO2. The van der Waals surface area contributed by atoms with Gasteiger partial charge in [0.2, 0.25) is 0 Å². The Bertz CT molecular complexity index is 455. The average molecular weight is 301 g/mol. The molecule has 0 saturated heterocycles. The highest BCUT2D eigenvalue weighted by Crippen LogP contribution is 2.46. The third-order valence-electron chi connectivity index (χ3n) is 3.29. The molecule has 1 unspecified atom stereocenters. The zero-order valence-corrected chi connectivity index (χ0v) is 11.1. The zero-order valence-electron chi connectivity index (χ0n) is 9.54. The van der Waals surface area contributed by atoms with Crippen LogP contribution < -0.4 is 0 Å². The van der Waals surface area contributed by atoms with E-state index in [2.05, 4.69) is 15.9 Å². The summed E-state index contributed by atoms with van der Waals surface area (Å²) in [6.07, 6.45) is 2.28. The number of rotatable bonds is 4. The van der Waals surface area contributed by atoms with Gasteiger partial charge in [0.1, 0.15) is 5.82 Å². The first-order chi connectivity index (χ1) is 7.99. The molecule has 0 aliphatic heterocycles. The van der Waals surface area contributed by atoms with Gasteiger partial charge in [-0.3, -0.25) is 4.79 Å². The van der Waals surface area contributed by atoms with Crippen molar-refractivity contribution in [3.63, 3.8) is 0 Å². The van der Waals surface area contributed by atoms with E-state index in [4.69, 9.17) is 5.11 Å². The van der Waals surface area contributed by atoms with Crippen molar-refractivity contribution in [2.24, 2.45) is 5.92 Å². The van der Waals surface area contributed by atoms with Crippen molar-refractivity contribution in [3.8, 4) is 0 Å². The number of hydrogen-bond acceptors (Lipinski definition) is 1. The molecule has 0 bridgehead atoms. The fraction of sp³-hybridized carbons (Fsp3) is 0.462. The lowest BCUT2D eigenvalue weighted by Crippen LogP contribution is -2.10. The Kier molecular flexibility index (Phi) is 3.52. The molecule has 92 valence electrons. The first-order valence-electron chi connectivity index (χ1n) is 5.66. The predicted octanol–water partition coefficient (Wildman–Crippen LogP) is 3.86. The van der Waals surface area contributed by atoms with E-state index in [1.54, 1.807) is 6.07 Å². The van der Waals surface area contributed by atoms with E-state index in [-0.39, 0.29) is 18.2 Å². The summed E-state index contributed by atoms with van der Waals surface area (Å²) < 4.78 is 13.8. The van der Waals surface area contributed by atoms with E-state index in [0.717, 1.165) is 24.0 Å². The van der Waals surface area contributed by atoms with Crippen molar-refractivity contribution < 1.29 is 14.3 Å². The van der Waals surface area contributed by atoms with Gasteiger partial charge in [0.25, 0.3) is 0 Å². The SMILES string of the molecule is Cc1cc(F)c(Br)cc1C(CC(=O)O)C1CC1. The molecule has 0 heterocycles. The van der Waals surface area contributed by atoms with Crippen LogP contribution in [0.5, 0.6) is 0 Å². The molecule has 1 aliphatic rings. The molecule has 0 amide bonds. The van der Waals surface area contributed by atoms with Crippen LogP contribution in [-0.2, 0) is 4.79 Å². The fourth-order valence-electron chi connectivity index (χ4n) is 2.28. The lowest BCUT2D eigenvalue weighted by molar-refractivity contribution is -0.137. The quantitative estimate of drug-likeness (QED) is 0.916. The van der Waals surface area contributed by atoms with Crippen LogP contribution in [0.15, 0.2) is 16.6 Å². The van der Waals surface area contributed by atoms with Crippen LogP contribution in [0.3, 0.4) is 0 Å². The van der Waals surface area contributed by atoms with E-state index in [1.807, 2.05) is 6.92 Å². The van der Waals surface area contributed by atoms with Gasteiger partial charge in [-0.25, -0.2) is 4.39 Å². The summed E-state index contributed by atoms with van der Waals surface area (Å²) in [7, 11) is 0. The Morgan fingerprint density at radius 1 is 1.59 bits per heavy atom. The zero-order chi connectivity index (χ0) is 12.6. The third-order valence-corrected chi connectivity index (χ3v) is 3.90. The normalized spacial score (nSPS) is 16.9. The van der Waals surface area contributed by atoms with Crippen molar-refractivity contribution >= 4 is 21.9 Å². The second-order valence-electron chi connectivity index (χ2n) is 4.66. The molecule has 1 aromatic rings. The second kappa shape index (κ2) is 4.77. The first-order valence-corrected chi connectivity index (χ1v) is 6.45. The number of carboxylic acid groups (broad SMARTS) is 1. The summed E-state index contributed by atoms with van der Waals surface area (Å²) in [5, 5.41) is 8.95. The lowest BCUT2D eigenvalue weighted by Gasteiger charge is -2.17. The molecule has 1 saturated carbocycles. The molecule has 17 heavy (non-hydrogen) atoms. The molecule has 1 N–H and O–H groups in total. The van der Waals surface area contributed by atoms with Crippen LogP contribution in [0.2, 0.25) is 0 Å². The molecule has 1 aromatic carbocycles. The largest absolute Gasteiger partial charge is 0.481 e. The number of aliphatic carboxylic acids is 1. The highest BCUT2D eigenvalue weighted by molar-refractivity contribution is 9.10. The van der Waals surface area contributed by atoms with Gasteiger partial charge in [-0.2, -0.15) is 0 Å². The summed E-state index contributed by atoms with van der Waals surface area (Å²) in [6, 6.07) is 3.20. The molecule has 0 spiro atoms. The molecule has 1 atom stereocenters. The van der Waals surface area contributed by atoms with E-state index in [1.165, 1.54) is 6.07 Å². The average Bonchev–Trinajstić information content (AvgIpc) is 3.04. The van der Waals surface area contributed by atoms with E-state index < -0.39 is 5.97 Å². The molecule has 4 heteroatoms.